The van der Waals surface area contributed by atoms with E-state index in [4.69, 9.17) is 4.98 Å². The van der Waals surface area contributed by atoms with Crippen LogP contribution in [-0.4, -0.2) is 14.5 Å². The van der Waals surface area contributed by atoms with E-state index < -0.39 is 0 Å². The highest BCUT2D eigenvalue weighted by Crippen LogP contribution is 2.32. The third-order valence-electron chi connectivity index (χ3n) is 5.40. The van der Waals surface area contributed by atoms with Gasteiger partial charge < -0.3 is 0 Å². The van der Waals surface area contributed by atoms with Gasteiger partial charge in [0.25, 0.3) is 5.56 Å². The molecule has 0 saturated heterocycles. The largest absolute Gasteiger partial charge is 0.286 e. The summed E-state index contributed by atoms with van der Waals surface area (Å²) in [6.45, 7) is 2.62. The summed E-state index contributed by atoms with van der Waals surface area (Å²) >= 11 is 2.84. The summed E-state index contributed by atoms with van der Waals surface area (Å²) in [6, 6.07) is 20.5. The van der Waals surface area contributed by atoms with E-state index in [1.807, 2.05) is 36.4 Å². The molecule has 1 atom stereocenters. The highest BCUT2D eigenvalue weighted by Gasteiger charge is 2.19. The second kappa shape index (κ2) is 8.84. The number of thiophene rings is 1. The first-order valence-corrected chi connectivity index (χ1v) is 12.1. The summed E-state index contributed by atoms with van der Waals surface area (Å²) in [5, 5.41) is 1.53. The van der Waals surface area contributed by atoms with Crippen LogP contribution in [-0.2, 0) is 12.3 Å². The molecule has 0 saturated carbocycles. The Balaban J connectivity index is 1.60. The molecule has 0 radical (unpaired) electrons. The first-order chi connectivity index (χ1) is 15.6. The molecule has 5 rings (SSSR count). The molecule has 2 aromatic carbocycles. The molecule has 160 valence electrons. The number of fused-ring (bicyclic) bond motifs is 3. The molecule has 3 aromatic heterocycles. The number of halogens is 1. The predicted octanol–water partition coefficient (Wildman–Crippen LogP) is 6.24. The van der Waals surface area contributed by atoms with Crippen LogP contribution in [0.2, 0.25) is 0 Å². The highest BCUT2D eigenvalue weighted by atomic mass is 32.2. The quantitative estimate of drug-likeness (QED) is 0.222. The zero-order chi connectivity index (χ0) is 22.1. The van der Waals surface area contributed by atoms with Gasteiger partial charge in [-0.2, -0.15) is 0 Å². The van der Waals surface area contributed by atoms with Crippen molar-refractivity contribution in [1.82, 2.24) is 14.5 Å². The molecule has 32 heavy (non-hydrogen) atoms. The number of rotatable bonds is 6. The highest BCUT2D eigenvalue weighted by molar-refractivity contribution is 7.98. The maximum atomic E-state index is 13.7. The van der Waals surface area contributed by atoms with E-state index >= 15 is 0 Å². The zero-order valence-electron chi connectivity index (χ0n) is 17.4. The van der Waals surface area contributed by atoms with E-state index in [2.05, 4.69) is 24.0 Å². The topological polar surface area (TPSA) is 47.8 Å². The van der Waals surface area contributed by atoms with Crippen molar-refractivity contribution in [3.63, 3.8) is 0 Å². The van der Waals surface area contributed by atoms with Crippen molar-refractivity contribution in [2.75, 3.05) is 0 Å². The SMILES string of the molecule is C[C@@H](Cn1c(SCc2cccc(F)c2)nc2c(sc3ncccc32)c1=O)c1ccccc1. The molecule has 5 aromatic rings. The molecule has 3 heterocycles. The first-order valence-electron chi connectivity index (χ1n) is 10.3. The second-order valence-electron chi connectivity index (χ2n) is 7.68. The van der Waals surface area contributed by atoms with E-state index in [0.717, 1.165) is 15.8 Å². The number of hydrogen-bond acceptors (Lipinski definition) is 5. The maximum Gasteiger partial charge on any atom is 0.272 e. The second-order valence-corrected chi connectivity index (χ2v) is 9.62. The molecule has 0 aliphatic carbocycles. The minimum Gasteiger partial charge on any atom is -0.286 e. The Morgan fingerprint density at radius 1 is 1.09 bits per heavy atom. The summed E-state index contributed by atoms with van der Waals surface area (Å²) in [7, 11) is 0. The van der Waals surface area contributed by atoms with Crippen LogP contribution in [0, 0.1) is 5.82 Å². The number of hydrogen-bond donors (Lipinski definition) is 0. The van der Waals surface area contributed by atoms with Gasteiger partial charge in [-0.15, -0.1) is 11.3 Å². The lowest BCUT2D eigenvalue weighted by Gasteiger charge is -2.17. The molecular weight excluding hydrogens is 441 g/mol. The number of nitrogens with zero attached hydrogens (tertiary/aromatic N) is 3. The third-order valence-corrected chi connectivity index (χ3v) is 7.54. The van der Waals surface area contributed by atoms with Gasteiger partial charge in [-0.1, -0.05) is 61.2 Å². The number of aromatic nitrogens is 3. The molecular formula is C25H20FN3OS2. The normalized spacial score (nSPS) is 12.4. The van der Waals surface area contributed by atoms with Gasteiger partial charge in [-0.25, -0.2) is 14.4 Å². The summed E-state index contributed by atoms with van der Waals surface area (Å²) < 4.78 is 16.0. The van der Waals surface area contributed by atoms with Crippen LogP contribution in [0.15, 0.2) is 82.9 Å². The molecule has 0 aliphatic rings. The van der Waals surface area contributed by atoms with Gasteiger partial charge >= 0.3 is 0 Å². The molecule has 0 amide bonds. The maximum absolute atomic E-state index is 13.7. The Bertz CT molecular complexity index is 1460. The van der Waals surface area contributed by atoms with Crippen molar-refractivity contribution in [2.45, 2.75) is 30.3 Å². The fourth-order valence-electron chi connectivity index (χ4n) is 3.75. The van der Waals surface area contributed by atoms with Gasteiger partial charge in [-0.3, -0.25) is 9.36 Å². The van der Waals surface area contributed by atoms with Gasteiger partial charge in [0.1, 0.15) is 15.3 Å². The lowest BCUT2D eigenvalue weighted by molar-refractivity contribution is 0.532. The van der Waals surface area contributed by atoms with Crippen molar-refractivity contribution in [3.8, 4) is 0 Å². The molecule has 7 heteroatoms. The summed E-state index contributed by atoms with van der Waals surface area (Å²) in [5.74, 6) is 0.390. The average Bonchev–Trinajstić information content (AvgIpc) is 3.19. The van der Waals surface area contributed by atoms with E-state index in [-0.39, 0.29) is 17.3 Å². The van der Waals surface area contributed by atoms with Crippen molar-refractivity contribution in [3.05, 3.63) is 100 Å². The van der Waals surface area contributed by atoms with Gasteiger partial charge in [0.2, 0.25) is 0 Å². The Morgan fingerprint density at radius 3 is 2.75 bits per heavy atom. The monoisotopic (exact) mass is 461 g/mol. The molecule has 0 bridgehead atoms. The lowest BCUT2D eigenvalue weighted by Crippen LogP contribution is -2.25. The van der Waals surface area contributed by atoms with Crippen molar-refractivity contribution < 1.29 is 4.39 Å². The van der Waals surface area contributed by atoms with Crippen LogP contribution >= 0.6 is 23.1 Å². The third kappa shape index (κ3) is 4.06. The van der Waals surface area contributed by atoms with Crippen LogP contribution in [0.1, 0.15) is 24.0 Å². The molecule has 0 aliphatic heterocycles. The van der Waals surface area contributed by atoms with Crippen LogP contribution in [0.5, 0.6) is 0 Å². The molecule has 0 unspecified atom stereocenters. The molecule has 4 nitrogen and oxygen atoms in total. The van der Waals surface area contributed by atoms with Crippen LogP contribution in [0.3, 0.4) is 0 Å². The summed E-state index contributed by atoms with van der Waals surface area (Å²) in [5.41, 5.74) is 2.65. The summed E-state index contributed by atoms with van der Waals surface area (Å²) in [6.07, 6.45) is 1.73. The van der Waals surface area contributed by atoms with Crippen molar-refractivity contribution in [1.29, 1.82) is 0 Å². The Kier molecular flexibility index (Phi) is 5.76. The van der Waals surface area contributed by atoms with Crippen molar-refractivity contribution >= 4 is 43.5 Å². The van der Waals surface area contributed by atoms with Crippen LogP contribution < -0.4 is 5.56 Å². The minimum absolute atomic E-state index is 0.0532. The van der Waals surface area contributed by atoms with Crippen LogP contribution in [0.25, 0.3) is 20.4 Å². The van der Waals surface area contributed by atoms with Gasteiger partial charge in [0.05, 0.1) is 5.52 Å². The molecule has 0 spiro atoms. The summed E-state index contributed by atoms with van der Waals surface area (Å²) in [4.78, 5) is 23.7. The minimum atomic E-state index is -0.267. The van der Waals surface area contributed by atoms with E-state index in [1.165, 1.54) is 40.8 Å². The zero-order valence-corrected chi connectivity index (χ0v) is 19.0. The van der Waals surface area contributed by atoms with Gasteiger partial charge in [0, 0.05) is 23.9 Å². The fraction of sp³-hybridized carbons (Fsp3) is 0.160. The predicted molar refractivity (Wildman–Crippen MR) is 130 cm³/mol. The Labute approximate surface area is 192 Å². The molecule has 0 N–H and O–H groups in total. The van der Waals surface area contributed by atoms with E-state index in [9.17, 15) is 9.18 Å². The molecule has 0 fully saturated rings. The van der Waals surface area contributed by atoms with Crippen LogP contribution in [0.4, 0.5) is 4.39 Å². The van der Waals surface area contributed by atoms with Gasteiger partial charge in [0.15, 0.2) is 5.16 Å². The Morgan fingerprint density at radius 2 is 1.94 bits per heavy atom. The van der Waals surface area contributed by atoms with Gasteiger partial charge in [-0.05, 0) is 41.3 Å². The number of thioether (sulfide) groups is 1. The number of benzene rings is 2. The standard InChI is InChI=1S/C25H20FN3OS2/c1-16(18-8-3-2-4-9-18)14-29-24(30)22-21(20-11-6-12-27-23(20)32-22)28-25(29)31-15-17-7-5-10-19(26)13-17/h2-13,16H,14-15H2,1H3/t16-/m0/s1. The average molecular weight is 462 g/mol. The fourth-order valence-corrected chi connectivity index (χ4v) is 5.72. The van der Waals surface area contributed by atoms with E-state index in [1.54, 1.807) is 16.8 Å². The number of pyridine rings is 1. The van der Waals surface area contributed by atoms with Crippen molar-refractivity contribution in [2.24, 2.45) is 0 Å². The first kappa shape index (κ1) is 20.8. The smallest absolute Gasteiger partial charge is 0.272 e. The van der Waals surface area contributed by atoms with E-state index in [0.29, 0.717) is 27.7 Å². The Hall–Kier alpha value is -3.03. The lowest BCUT2D eigenvalue weighted by atomic mass is 10.0.